The first-order valence-corrected chi connectivity index (χ1v) is 7.36. The van der Waals surface area contributed by atoms with E-state index >= 15 is 0 Å². The van der Waals surface area contributed by atoms with Crippen molar-refractivity contribution in [2.24, 2.45) is 0 Å². The van der Waals surface area contributed by atoms with Crippen molar-refractivity contribution in [3.8, 4) is 5.75 Å². The second-order valence-electron chi connectivity index (χ2n) is 4.14. The molecule has 0 saturated heterocycles. The molecule has 2 aromatic rings. The summed E-state index contributed by atoms with van der Waals surface area (Å²) in [6.45, 7) is 1.99. The van der Waals surface area contributed by atoms with E-state index in [9.17, 15) is 5.02 Å². The summed E-state index contributed by atoms with van der Waals surface area (Å²) < 4.78 is 6.48. The molecule has 7 heteroatoms. The van der Waals surface area contributed by atoms with Crippen LogP contribution in [0.3, 0.4) is 0 Å². The lowest BCUT2D eigenvalue weighted by Gasteiger charge is -2.27. The number of thioether (sulfide) groups is 1. The maximum atomic E-state index is 10.1. The fourth-order valence-electron chi connectivity index (χ4n) is 2.00. The molecule has 1 aromatic carbocycles. The number of para-hydroxylation sites is 1. The highest BCUT2D eigenvalue weighted by Gasteiger charge is 2.36. The van der Waals surface area contributed by atoms with Crippen molar-refractivity contribution in [1.29, 1.82) is 0 Å². The normalized spacial score (nSPS) is 18.3. The van der Waals surface area contributed by atoms with Crippen molar-refractivity contribution in [1.82, 2.24) is 10.2 Å². The van der Waals surface area contributed by atoms with Gasteiger partial charge in [0.15, 0.2) is 4.34 Å². The summed E-state index contributed by atoms with van der Waals surface area (Å²) in [5, 5.41) is 17.8. The third-order valence-electron chi connectivity index (χ3n) is 2.86. The minimum absolute atomic E-state index is 0.0350. The highest BCUT2D eigenvalue weighted by Crippen LogP contribution is 2.36. The Kier molecular flexibility index (Phi) is 3.28. The fourth-order valence-corrected chi connectivity index (χ4v) is 3.79. The molecule has 0 fully saturated rings. The van der Waals surface area contributed by atoms with E-state index in [0.29, 0.717) is 0 Å². The van der Waals surface area contributed by atoms with Gasteiger partial charge < -0.3 is 9.68 Å². The summed E-state index contributed by atoms with van der Waals surface area (Å²) in [5.41, 5.74) is 3.89. The van der Waals surface area contributed by atoms with Gasteiger partial charge in [0, 0.05) is 0 Å². The van der Waals surface area contributed by atoms with Crippen molar-refractivity contribution in [3.63, 3.8) is 0 Å². The monoisotopic (exact) mass is 278 g/mol. The number of hydrogen-bond donors (Lipinski definition) is 1. The first-order chi connectivity index (χ1) is 8.74. The Balaban J connectivity index is 1.83. The van der Waals surface area contributed by atoms with Crippen LogP contribution in [0.15, 0.2) is 28.0 Å². The van der Waals surface area contributed by atoms with Gasteiger partial charge in [-0.1, -0.05) is 41.3 Å². The Bertz CT molecular complexity index is 550. The molecule has 1 aliphatic heterocycles. The summed E-state index contributed by atoms with van der Waals surface area (Å²) in [4.78, 5) is 0. The molecule has 0 saturated carbocycles. The van der Waals surface area contributed by atoms with Gasteiger partial charge in [0.1, 0.15) is 11.3 Å². The second kappa shape index (κ2) is 4.91. The van der Waals surface area contributed by atoms with E-state index < -0.39 is 7.12 Å². The largest absolute Gasteiger partial charge is 0.537 e. The van der Waals surface area contributed by atoms with Crippen LogP contribution in [0.4, 0.5) is 0 Å². The van der Waals surface area contributed by atoms with Crippen LogP contribution in [-0.2, 0) is 6.42 Å². The predicted molar refractivity (Wildman–Crippen MR) is 73.0 cm³/mol. The van der Waals surface area contributed by atoms with E-state index in [4.69, 9.17) is 4.65 Å². The molecular formula is C11H11BN2O2S2. The summed E-state index contributed by atoms with van der Waals surface area (Å²) in [5.74, 6) is 0.819. The van der Waals surface area contributed by atoms with Crippen LogP contribution in [0.25, 0.3) is 0 Å². The van der Waals surface area contributed by atoms with E-state index in [1.165, 1.54) is 23.1 Å². The van der Waals surface area contributed by atoms with E-state index in [-0.39, 0.29) is 5.15 Å². The summed E-state index contributed by atoms with van der Waals surface area (Å²) in [7, 11) is -0.799. The molecule has 18 heavy (non-hydrogen) atoms. The highest BCUT2D eigenvalue weighted by molar-refractivity contribution is 8.02. The molecule has 1 atom stereocenters. The molecule has 2 heterocycles. The molecule has 1 aromatic heterocycles. The summed E-state index contributed by atoms with van der Waals surface area (Å²) >= 11 is 3.00. The van der Waals surface area contributed by atoms with Crippen molar-refractivity contribution in [2.75, 3.05) is 0 Å². The summed E-state index contributed by atoms with van der Waals surface area (Å²) in [6.07, 6.45) is 0.780. The van der Waals surface area contributed by atoms with Crippen LogP contribution in [0.2, 0.25) is 0 Å². The molecule has 0 spiro atoms. The lowest BCUT2D eigenvalue weighted by Crippen LogP contribution is -2.40. The van der Waals surface area contributed by atoms with Gasteiger partial charge in [0.05, 0.1) is 5.15 Å². The topological polar surface area (TPSA) is 55.2 Å². The fraction of sp³-hybridized carbons (Fsp3) is 0.273. The third-order valence-corrected chi connectivity index (χ3v) is 4.91. The third kappa shape index (κ3) is 2.25. The minimum atomic E-state index is -0.799. The first-order valence-electron chi connectivity index (χ1n) is 5.60. The zero-order chi connectivity index (χ0) is 12.5. The van der Waals surface area contributed by atoms with Crippen molar-refractivity contribution in [2.45, 2.75) is 22.8 Å². The van der Waals surface area contributed by atoms with Crippen LogP contribution in [0, 0.1) is 6.92 Å². The van der Waals surface area contributed by atoms with Crippen LogP contribution >= 0.6 is 23.1 Å². The van der Waals surface area contributed by atoms with Gasteiger partial charge in [-0.3, -0.25) is 0 Å². The number of rotatable bonds is 2. The molecule has 1 aliphatic rings. The molecule has 1 N–H and O–H groups in total. The van der Waals surface area contributed by atoms with E-state index in [0.717, 1.165) is 27.6 Å². The lowest BCUT2D eigenvalue weighted by atomic mass is 9.77. The molecular weight excluding hydrogens is 267 g/mol. The smallest absolute Gasteiger partial charge is 0.535 e. The maximum absolute atomic E-state index is 10.1. The molecule has 92 valence electrons. The standard InChI is InChI=1S/C11H11BN2O2S2/c1-7-3-2-4-8-5-9(12(15)16-10(7)8)18-11-14-13-6-17-11/h2-4,6,9,15H,5H2,1H3/t9-/m0/s1. The van der Waals surface area contributed by atoms with Gasteiger partial charge in [-0.25, -0.2) is 0 Å². The van der Waals surface area contributed by atoms with Gasteiger partial charge in [-0.05, 0) is 24.5 Å². The number of nitrogens with zero attached hydrogens (tertiary/aromatic N) is 2. The van der Waals surface area contributed by atoms with E-state index in [1.54, 1.807) is 5.51 Å². The molecule has 0 radical (unpaired) electrons. The average Bonchev–Trinajstić information content (AvgIpc) is 2.84. The molecule has 0 bridgehead atoms. The quantitative estimate of drug-likeness (QED) is 0.851. The van der Waals surface area contributed by atoms with Crippen LogP contribution in [-0.4, -0.2) is 27.5 Å². The second-order valence-corrected chi connectivity index (χ2v) is 6.46. The minimum Gasteiger partial charge on any atom is -0.535 e. The first kappa shape index (κ1) is 12.0. The average molecular weight is 278 g/mol. The number of aryl methyl sites for hydroxylation is 1. The van der Waals surface area contributed by atoms with Gasteiger partial charge in [-0.2, -0.15) is 0 Å². The number of hydrogen-bond acceptors (Lipinski definition) is 6. The number of fused-ring (bicyclic) bond motifs is 1. The van der Waals surface area contributed by atoms with Gasteiger partial charge in [0.2, 0.25) is 0 Å². The maximum Gasteiger partial charge on any atom is 0.537 e. The molecule has 0 aliphatic carbocycles. The van der Waals surface area contributed by atoms with Crippen LogP contribution < -0.4 is 4.65 Å². The Labute approximate surface area is 114 Å². The van der Waals surface area contributed by atoms with Crippen molar-refractivity contribution < 1.29 is 9.68 Å². The Morgan fingerprint density at radius 2 is 2.44 bits per heavy atom. The zero-order valence-corrected chi connectivity index (χ0v) is 11.4. The van der Waals surface area contributed by atoms with E-state index in [2.05, 4.69) is 10.2 Å². The zero-order valence-electron chi connectivity index (χ0n) is 9.74. The Hall–Kier alpha value is -1.05. The van der Waals surface area contributed by atoms with Gasteiger partial charge in [0.25, 0.3) is 0 Å². The Morgan fingerprint density at radius 1 is 1.56 bits per heavy atom. The predicted octanol–water partition coefficient (Wildman–Crippen LogP) is 1.96. The van der Waals surface area contributed by atoms with Gasteiger partial charge in [-0.15, -0.1) is 10.2 Å². The SMILES string of the molecule is Cc1cccc2c1OB(O)[C@@H](Sc1nncs1)C2. The molecule has 0 amide bonds. The van der Waals surface area contributed by atoms with E-state index in [1.807, 2.05) is 25.1 Å². The lowest BCUT2D eigenvalue weighted by molar-refractivity contribution is 0.393. The summed E-state index contributed by atoms with van der Waals surface area (Å²) in [6, 6.07) is 6.05. The van der Waals surface area contributed by atoms with Crippen molar-refractivity contribution >= 4 is 30.2 Å². The van der Waals surface area contributed by atoms with Crippen molar-refractivity contribution in [3.05, 3.63) is 34.8 Å². The Morgan fingerprint density at radius 3 is 3.22 bits per heavy atom. The van der Waals surface area contributed by atoms with Gasteiger partial charge >= 0.3 is 7.12 Å². The number of aromatic nitrogens is 2. The highest BCUT2D eigenvalue weighted by atomic mass is 32.2. The molecule has 3 rings (SSSR count). The number of benzene rings is 1. The molecule has 4 nitrogen and oxygen atoms in total. The van der Waals surface area contributed by atoms with Crippen LogP contribution in [0.1, 0.15) is 11.1 Å². The van der Waals surface area contributed by atoms with Crippen LogP contribution in [0.5, 0.6) is 5.75 Å². The molecule has 0 unspecified atom stereocenters.